The van der Waals surface area contributed by atoms with Gasteiger partial charge in [-0.3, -0.25) is 4.90 Å². The Balaban J connectivity index is 1.62. The van der Waals surface area contributed by atoms with E-state index in [1.807, 2.05) is 29.6 Å². The second-order valence-electron chi connectivity index (χ2n) is 5.81. The Kier molecular flexibility index (Phi) is 4.59. The summed E-state index contributed by atoms with van der Waals surface area (Å²) in [5, 5.41) is 7.39. The topological polar surface area (TPSA) is 42.2 Å². The molecule has 0 bridgehead atoms. The first-order valence-electron chi connectivity index (χ1n) is 7.79. The molecular formula is C17H15Cl2N3OS. The van der Waals surface area contributed by atoms with Crippen molar-refractivity contribution in [3.63, 3.8) is 0 Å². The minimum atomic E-state index is 0.445. The summed E-state index contributed by atoms with van der Waals surface area (Å²) < 4.78 is 5.37. The van der Waals surface area contributed by atoms with Gasteiger partial charge in [0.1, 0.15) is 4.88 Å². The maximum Gasteiger partial charge on any atom is 0.269 e. The number of rotatable bonds is 4. The molecular weight excluding hydrogens is 365 g/mol. The van der Waals surface area contributed by atoms with E-state index >= 15 is 0 Å². The molecule has 0 spiro atoms. The van der Waals surface area contributed by atoms with E-state index in [4.69, 9.17) is 27.7 Å². The maximum atomic E-state index is 6.36. The molecule has 4 rings (SSSR count). The molecule has 1 saturated heterocycles. The molecule has 0 saturated carbocycles. The molecule has 7 heteroatoms. The maximum absolute atomic E-state index is 6.36. The first-order valence-corrected chi connectivity index (χ1v) is 9.42. The fourth-order valence-corrected chi connectivity index (χ4v) is 4.13. The van der Waals surface area contributed by atoms with Crippen molar-refractivity contribution in [2.75, 3.05) is 13.1 Å². The van der Waals surface area contributed by atoms with Gasteiger partial charge in [0, 0.05) is 17.1 Å². The normalized spacial score (nSPS) is 15.2. The third kappa shape index (κ3) is 3.22. The van der Waals surface area contributed by atoms with Crippen molar-refractivity contribution in [1.29, 1.82) is 0 Å². The number of benzene rings is 1. The molecule has 1 aliphatic heterocycles. The van der Waals surface area contributed by atoms with E-state index < -0.39 is 0 Å². The summed E-state index contributed by atoms with van der Waals surface area (Å²) in [5.74, 6) is 0.995. The first-order chi connectivity index (χ1) is 11.7. The van der Waals surface area contributed by atoms with Gasteiger partial charge in [-0.25, -0.2) is 0 Å². The average molecular weight is 380 g/mol. The van der Waals surface area contributed by atoms with Crippen LogP contribution in [0.25, 0.3) is 22.2 Å². The zero-order chi connectivity index (χ0) is 16.5. The lowest BCUT2D eigenvalue weighted by Gasteiger charge is -2.15. The van der Waals surface area contributed by atoms with Crippen molar-refractivity contribution in [3.8, 4) is 22.2 Å². The van der Waals surface area contributed by atoms with Gasteiger partial charge < -0.3 is 4.52 Å². The summed E-state index contributed by atoms with van der Waals surface area (Å²) >= 11 is 14.0. The Labute approximate surface area is 154 Å². The van der Waals surface area contributed by atoms with Crippen LogP contribution < -0.4 is 0 Å². The molecule has 0 atom stereocenters. The van der Waals surface area contributed by atoms with Crippen LogP contribution in [-0.4, -0.2) is 28.1 Å². The molecule has 124 valence electrons. The van der Waals surface area contributed by atoms with Crippen LogP contribution in [0.3, 0.4) is 0 Å². The molecule has 0 aliphatic carbocycles. The Hall–Kier alpha value is -1.40. The van der Waals surface area contributed by atoms with Crippen molar-refractivity contribution < 1.29 is 4.52 Å². The third-order valence-electron chi connectivity index (χ3n) is 4.13. The number of likely N-dealkylation sites (tertiary alicyclic amines) is 1. The number of aromatic nitrogens is 2. The van der Waals surface area contributed by atoms with Gasteiger partial charge in [-0.2, -0.15) is 4.98 Å². The molecule has 0 radical (unpaired) electrons. The zero-order valence-electron chi connectivity index (χ0n) is 12.8. The van der Waals surface area contributed by atoms with Crippen molar-refractivity contribution >= 4 is 34.5 Å². The molecule has 3 heterocycles. The van der Waals surface area contributed by atoms with E-state index in [-0.39, 0.29) is 0 Å². The lowest BCUT2D eigenvalue weighted by Crippen LogP contribution is -2.18. The van der Waals surface area contributed by atoms with E-state index in [0.29, 0.717) is 16.7 Å². The second kappa shape index (κ2) is 6.84. The summed E-state index contributed by atoms with van der Waals surface area (Å²) in [6, 6.07) is 7.68. The highest BCUT2D eigenvalue weighted by Gasteiger charge is 2.17. The number of hydrogen-bond acceptors (Lipinski definition) is 5. The van der Waals surface area contributed by atoms with Crippen molar-refractivity contribution in [1.82, 2.24) is 15.0 Å². The zero-order valence-corrected chi connectivity index (χ0v) is 15.2. The van der Waals surface area contributed by atoms with Crippen molar-refractivity contribution in [2.45, 2.75) is 19.4 Å². The summed E-state index contributed by atoms with van der Waals surface area (Å²) in [6.45, 7) is 3.11. The Morgan fingerprint density at radius 3 is 2.71 bits per heavy atom. The number of nitrogens with zero attached hydrogens (tertiary/aromatic N) is 3. The van der Waals surface area contributed by atoms with Crippen LogP contribution in [0.5, 0.6) is 0 Å². The lowest BCUT2D eigenvalue weighted by molar-refractivity contribution is 0.331. The average Bonchev–Trinajstić information content (AvgIpc) is 3.30. The first kappa shape index (κ1) is 16.1. The summed E-state index contributed by atoms with van der Waals surface area (Å²) in [6.07, 6.45) is 2.51. The molecule has 1 aromatic carbocycles. The fourth-order valence-electron chi connectivity index (χ4n) is 2.90. The molecule has 1 aliphatic rings. The van der Waals surface area contributed by atoms with Crippen LogP contribution in [-0.2, 0) is 6.54 Å². The van der Waals surface area contributed by atoms with Gasteiger partial charge in [-0.1, -0.05) is 28.4 Å². The highest BCUT2D eigenvalue weighted by Crippen LogP contribution is 2.33. The smallest absolute Gasteiger partial charge is 0.269 e. The fraction of sp³-hybridized carbons (Fsp3) is 0.294. The van der Waals surface area contributed by atoms with Crippen LogP contribution in [0.4, 0.5) is 0 Å². The van der Waals surface area contributed by atoms with Gasteiger partial charge in [0.2, 0.25) is 5.82 Å². The van der Waals surface area contributed by atoms with Crippen LogP contribution in [0.15, 0.2) is 34.2 Å². The van der Waals surface area contributed by atoms with Crippen LogP contribution >= 0.6 is 34.5 Å². The number of halogens is 2. The van der Waals surface area contributed by atoms with E-state index in [1.165, 1.54) is 24.2 Å². The SMILES string of the molecule is Clc1ccc(-c2noc(-c3sccc3Cl)n2)cc1CN1CCCC1. The number of thiophene rings is 1. The van der Waals surface area contributed by atoms with Gasteiger partial charge >= 0.3 is 0 Å². The van der Waals surface area contributed by atoms with E-state index in [2.05, 4.69) is 15.0 Å². The number of hydrogen-bond donors (Lipinski definition) is 0. The van der Waals surface area contributed by atoms with Gasteiger partial charge in [-0.15, -0.1) is 11.3 Å². The third-order valence-corrected chi connectivity index (χ3v) is 5.83. The molecule has 0 unspecified atom stereocenters. The van der Waals surface area contributed by atoms with Crippen LogP contribution in [0, 0.1) is 0 Å². The monoisotopic (exact) mass is 379 g/mol. The molecule has 1 fully saturated rings. The minimum Gasteiger partial charge on any atom is -0.333 e. The summed E-state index contributed by atoms with van der Waals surface area (Å²) in [5.41, 5.74) is 1.99. The van der Waals surface area contributed by atoms with Gasteiger partial charge in [-0.05, 0) is 61.1 Å². The van der Waals surface area contributed by atoms with E-state index in [1.54, 1.807) is 0 Å². The largest absolute Gasteiger partial charge is 0.333 e. The van der Waals surface area contributed by atoms with E-state index in [9.17, 15) is 0 Å². The van der Waals surface area contributed by atoms with Gasteiger partial charge in [0.25, 0.3) is 5.89 Å². The molecule has 3 aromatic rings. The van der Waals surface area contributed by atoms with Gasteiger partial charge in [0.15, 0.2) is 0 Å². The highest BCUT2D eigenvalue weighted by molar-refractivity contribution is 7.14. The standard InChI is InChI=1S/C17H15Cl2N3OS/c18-13-4-3-11(9-12(13)10-22-6-1-2-7-22)16-20-17(23-21-16)15-14(19)5-8-24-15/h3-5,8-9H,1-2,6-7,10H2. The second-order valence-corrected chi connectivity index (χ2v) is 7.54. The summed E-state index contributed by atoms with van der Waals surface area (Å²) in [7, 11) is 0. The molecule has 0 N–H and O–H groups in total. The lowest BCUT2D eigenvalue weighted by atomic mass is 10.1. The Morgan fingerprint density at radius 1 is 1.12 bits per heavy atom. The molecule has 24 heavy (non-hydrogen) atoms. The quantitative estimate of drug-likeness (QED) is 0.611. The molecule has 2 aromatic heterocycles. The van der Waals surface area contributed by atoms with E-state index in [0.717, 1.165) is 40.7 Å². The highest BCUT2D eigenvalue weighted by atomic mass is 35.5. The van der Waals surface area contributed by atoms with Crippen LogP contribution in [0.1, 0.15) is 18.4 Å². The van der Waals surface area contributed by atoms with Crippen molar-refractivity contribution in [3.05, 3.63) is 45.3 Å². The van der Waals surface area contributed by atoms with Crippen molar-refractivity contribution in [2.24, 2.45) is 0 Å². The predicted octanol–water partition coefficient (Wildman–Crippen LogP) is 5.37. The minimum absolute atomic E-state index is 0.445. The predicted molar refractivity (Wildman–Crippen MR) is 97.6 cm³/mol. The molecule has 0 amide bonds. The Bertz CT molecular complexity index is 855. The molecule has 4 nitrogen and oxygen atoms in total. The summed E-state index contributed by atoms with van der Waals surface area (Å²) in [4.78, 5) is 7.69. The van der Waals surface area contributed by atoms with Gasteiger partial charge in [0.05, 0.1) is 5.02 Å². The van der Waals surface area contributed by atoms with Crippen LogP contribution in [0.2, 0.25) is 10.0 Å². The Morgan fingerprint density at radius 2 is 1.96 bits per heavy atom.